The highest BCUT2D eigenvalue weighted by atomic mass is 32.2. The van der Waals surface area contributed by atoms with Gasteiger partial charge in [0.05, 0.1) is 39.3 Å². The van der Waals surface area contributed by atoms with Crippen molar-refractivity contribution in [3.05, 3.63) is 60.0 Å². The Morgan fingerprint density at radius 2 is 2.02 bits per heavy atom. The van der Waals surface area contributed by atoms with Crippen LogP contribution < -0.4 is 5.32 Å². The van der Waals surface area contributed by atoms with Crippen molar-refractivity contribution >= 4 is 33.9 Å². The zero-order chi connectivity index (χ0) is 28.3. The van der Waals surface area contributed by atoms with E-state index in [0.717, 1.165) is 29.4 Å². The van der Waals surface area contributed by atoms with Crippen LogP contribution in [0.3, 0.4) is 0 Å². The molecule has 1 aliphatic heterocycles. The molecule has 3 saturated carbocycles. The number of furan rings is 1. The first-order valence-corrected chi connectivity index (χ1v) is 15.7. The normalized spacial score (nSPS) is 28.7. The molecule has 3 aromatic rings. The zero-order valence-corrected chi connectivity index (χ0v) is 24.4. The second-order valence-electron chi connectivity index (χ2n) is 12.1. The number of carbonyl (C=O) groups is 1. The predicted molar refractivity (Wildman–Crippen MR) is 152 cm³/mol. The standard InChI is InChI=1S/C29H36BN3O6S/c1-28(2)19-14-23(28)29(3)24(15-19)38-30(39-29)25(13-18-16-36-22-11-7-6-10-21(18)22)33-27(34)37-17-20-9-8-12-26(32-20)40(5,35)31-4/h6-12,16,19,23-25H,13-15,17H2,1-5H3,(H,33,34)/t19-,23-,24+,25-,29-,40?/m0/s1. The Morgan fingerprint density at radius 3 is 2.80 bits per heavy atom. The molecular weight excluding hydrogens is 529 g/mol. The van der Waals surface area contributed by atoms with Crippen molar-refractivity contribution in [3.63, 3.8) is 0 Å². The van der Waals surface area contributed by atoms with E-state index in [9.17, 15) is 9.00 Å². The highest BCUT2D eigenvalue weighted by Gasteiger charge is 2.68. The van der Waals surface area contributed by atoms with Crippen molar-refractivity contribution in [1.29, 1.82) is 0 Å². The molecule has 3 heterocycles. The fraction of sp³-hybridized carbons (Fsp3) is 0.517. The van der Waals surface area contributed by atoms with Gasteiger partial charge < -0.3 is 23.8 Å². The number of para-hydroxylation sites is 1. The minimum atomic E-state index is -2.60. The van der Waals surface area contributed by atoms with Crippen LogP contribution in [-0.2, 0) is 36.8 Å². The minimum Gasteiger partial charge on any atom is -0.464 e. The summed E-state index contributed by atoms with van der Waals surface area (Å²) in [7, 11) is -1.73. The van der Waals surface area contributed by atoms with Crippen molar-refractivity contribution < 1.29 is 27.5 Å². The van der Waals surface area contributed by atoms with Crippen molar-refractivity contribution in [2.24, 2.45) is 21.6 Å². The summed E-state index contributed by atoms with van der Waals surface area (Å²) in [6.45, 7) is 6.73. The van der Waals surface area contributed by atoms with E-state index < -0.39 is 34.5 Å². The second kappa shape index (κ2) is 9.89. The van der Waals surface area contributed by atoms with Crippen LogP contribution in [0.2, 0.25) is 0 Å². The van der Waals surface area contributed by atoms with Crippen LogP contribution in [-0.4, -0.2) is 53.4 Å². The quantitative estimate of drug-likeness (QED) is 0.401. The summed E-state index contributed by atoms with van der Waals surface area (Å²) in [5.41, 5.74) is 2.02. The zero-order valence-electron chi connectivity index (χ0n) is 23.6. The number of ether oxygens (including phenoxy) is 1. The number of hydrogen-bond acceptors (Lipinski definition) is 8. The lowest BCUT2D eigenvalue weighted by atomic mass is 9.43. The van der Waals surface area contributed by atoms with Crippen LogP contribution >= 0.6 is 0 Å². The Bertz CT molecular complexity index is 1570. The van der Waals surface area contributed by atoms with E-state index in [1.165, 1.54) is 13.3 Å². The third kappa shape index (κ3) is 4.61. The van der Waals surface area contributed by atoms with E-state index in [0.29, 0.717) is 29.0 Å². The Labute approximate surface area is 235 Å². The Kier molecular flexibility index (Phi) is 6.75. The molecule has 3 aliphatic carbocycles. The first-order chi connectivity index (χ1) is 19.0. The summed E-state index contributed by atoms with van der Waals surface area (Å²) in [5, 5.41) is 4.35. The molecule has 7 rings (SSSR count). The maximum absolute atomic E-state index is 13.1. The maximum Gasteiger partial charge on any atom is 0.482 e. The van der Waals surface area contributed by atoms with Crippen LogP contribution in [0.5, 0.6) is 0 Å². The monoisotopic (exact) mass is 565 g/mol. The molecule has 6 atom stereocenters. The smallest absolute Gasteiger partial charge is 0.464 e. The topological polar surface area (TPSA) is 112 Å². The molecule has 9 nitrogen and oxygen atoms in total. The van der Waals surface area contributed by atoms with Crippen molar-refractivity contribution in [2.75, 3.05) is 13.3 Å². The molecular formula is C29H36BN3O6S. The fourth-order valence-electron chi connectivity index (χ4n) is 6.89. The van der Waals surface area contributed by atoms with Gasteiger partial charge in [-0.05, 0) is 67.2 Å². The van der Waals surface area contributed by atoms with E-state index in [1.54, 1.807) is 24.5 Å². The number of carbonyl (C=O) groups excluding carboxylic acids is 1. The average Bonchev–Trinajstić information content (AvgIpc) is 3.52. The molecule has 1 N–H and O–H groups in total. The number of nitrogens with one attached hydrogen (secondary N) is 1. The van der Waals surface area contributed by atoms with Crippen LogP contribution in [0.25, 0.3) is 11.0 Å². The lowest BCUT2D eigenvalue weighted by molar-refractivity contribution is -0.199. The number of nitrogens with zero attached hydrogens (tertiary/aromatic N) is 2. The number of hydrogen-bond donors (Lipinski definition) is 1. The average molecular weight is 566 g/mol. The van der Waals surface area contributed by atoms with Crippen molar-refractivity contribution in [3.8, 4) is 0 Å². The molecule has 1 unspecified atom stereocenters. The van der Waals surface area contributed by atoms with E-state index in [4.69, 9.17) is 18.5 Å². The number of alkyl carbamates (subject to hydrolysis) is 1. The summed E-state index contributed by atoms with van der Waals surface area (Å²) in [4.78, 5) is 17.5. The summed E-state index contributed by atoms with van der Waals surface area (Å²) in [6, 6.07) is 12.9. The molecule has 0 spiro atoms. The van der Waals surface area contributed by atoms with Crippen LogP contribution in [0, 0.1) is 17.3 Å². The largest absolute Gasteiger partial charge is 0.482 e. The van der Waals surface area contributed by atoms with Gasteiger partial charge in [-0.3, -0.25) is 0 Å². The van der Waals surface area contributed by atoms with Crippen molar-refractivity contribution in [2.45, 2.75) is 69.3 Å². The molecule has 4 fully saturated rings. The predicted octanol–water partition coefficient (Wildman–Crippen LogP) is 5.02. The molecule has 212 valence electrons. The molecule has 2 bridgehead atoms. The van der Waals surface area contributed by atoms with Crippen LogP contribution in [0.1, 0.15) is 44.9 Å². The molecule has 40 heavy (non-hydrogen) atoms. The number of benzene rings is 1. The van der Waals surface area contributed by atoms with E-state index in [-0.39, 0.29) is 18.1 Å². The van der Waals surface area contributed by atoms with Gasteiger partial charge in [-0.25, -0.2) is 18.4 Å². The number of pyridine rings is 1. The van der Waals surface area contributed by atoms with Crippen LogP contribution in [0.4, 0.5) is 4.79 Å². The molecule has 4 aliphatic rings. The summed E-state index contributed by atoms with van der Waals surface area (Å²) < 4.78 is 41.1. The Morgan fingerprint density at radius 1 is 1.23 bits per heavy atom. The number of amides is 1. The molecule has 11 heteroatoms. The number of aromatic nitrogens is 1. The second-order valence-corrected chi connectivity index (χ2v) is 14.5. The fourth-order valence-corrected chi connectivity index (χ4v) is 7.69. The van der Waals surface area contributed by atoms with E-state index >= 15 is 0 Å². The molecule has 1 saturated heterocycles. The van der Waals surface area contributed by atoms with Crippen molar-refractivity contribution in [1.82, 2.24) is 10.3 Å². The molecule has 1 amide bonds. The van der Waals surface area contributed by atoms with E-state index in [2.05, 4.69) is 35.4 Å². The first kappa shape index (κ1) is 27.3. The lowest BCUT2D eigenvalue weighted by Gasteiger charge is -2.64. The van der Waals surface area contributed by atoms with Gasteiger partial charge in [0.15, 0.2) is 0 Å². The van der Waals surface area contributed by atoms with E-state index in [1.807, 2.05) is 24.3 Å². The van der Waals surface area contributed by atoms with Gasteiger partial charge in [0.1, 0.15) is 17.2 Å². The summed E-state index contributed by atoms with van der Waals surface area (Å²) >= 11 is 0. The Hall–Kier alpha value is -2.89. The highest BCUT2D eigenvalue weighted by molar-refractivity contribution is 7.92. The minimum absolute atomic E-state index is 0.0180. The van der Waals surface area contributed by atoms with Gasteiger partial charge in [0, 0.05) is 18.7 Å². The number of rotatable bonds is 7. The number of fused-ring (bicyclic) bond motifs is 1. The van der Waals surface area contributed by atoms with Gasteiger partial charge in [-0.15, -0.1) is 0 Å². The highest BCUT2D eigenvalue weighted by Crippen LogP contribution is 2.65. The first-order valence-electron chi connectivity index (χ1n) is 13.8. The van der Waals surface area contributed by atoms with Gasteiger partial charge in [0.25, 0.3) is 0 Å². The lowest BCUT2D eigenvalue weighted by Crippen LogP contribution is -2.65. The Balaban J connectivity index is 1.21. The van der Waals surface area contributed by atoms with Gasteiger partial charge in [0.2, 0.25) is 0 Å². The van der Waals surface area contributed by atoms with Gasteiger partial charge >= 0.3 is 13.2 Å². The van der Waals surface area contributed by atoms with Gasteiger partial charge in [-0.2, -0.15) is 0 Å². The third-order valence-electron chi connectivity index (χ3n) is 9.47. The maximum atomic E-state index is 13.1. The summed E-state index contributed by atoms with van der Waals surface area (Å²) in [6.07, 6.45) is 5.17. The van der Waals surface area contributed by atoms with Gasteiger partial charge in [-0.1, -0.05) is 38.1 Å². The summed E-state index contributed by atoms with van der Waals surface area (Å²) in [5.74, 6) is 0.510. The SMILES string of the molecule is CN=S(C)(=O)c1cccc(COC(=O)N[C@@H](Cc2coc3ccccc23)B2O[C@@H]3C[C@@H]4C[C@@H](C4(C)C)[C@]3(C)O2)n1. The molecule has 1 aromatic carbocycles. The molecule has 2 aromatic heterocycles. The van der Waals surface area contributed by atoms with Crippen LogP contribution in [0.15, 0.2) is 62.5 Å². The molecule has 0 radical (unpaired) electrons. The third-order valence-corrected chi connectivity index (χ3v) is 11.2.